The lowest BCUT2D eigenvalue weighted by Crippen LogP contribution is -2.45. The van der Waals surface area contributed by atoms with E-state index in [0.29, 0.717) is 21.4 Å². The standard InChI is InChI=1S/C17H19Cl2NO2/c1-16(2,3)17(21,12-5-4-8-20-10-12)11-22-15-7-6-13(18)9-14(15)19/h4-10,21H,11H2,1-3H3. The lowest BCUT2D eigenvalue weighted by Gasteiger charge is -2.40. The second kappa shape index (κ2) is 6.45. The van der Waals surface area contributed by atoms with Crippen LogP contribution in [0, 0.1) is 5.41 Å². The highest BCUT2D eigenvalue weighted by atomic mass is 35.5. The molecule has 1 aromatic heterocycles. The topological polar surface area (TPSA) is 42.4 Å². The SMILES string of the molecule is CC(C)(C)C(O)(COc1ccc(Cl)cc1Cl)c1cccnc1. The van der Waals surface area contributed by atoms with Gasteiger partial charge in [0.15, 0.2) is 0 Å². The minimum absolute atomic E-state index is 0.0591. The Hall–Kier alpha value is -1.29. The minimum Gasteiger partial charge on any atom is -0.489 e. The summed E-state index contributed by atoms with van der Waals surface area (Å²) in [4.78, 5) is 4.09. The molecule has 1 heterocycles. The van der Waals surface area contributed by atoms with Crippen molar-refractivity contribution in [3.05, 3.63) is 58.3 Å². The summed E-state index contributed by atoms with van der Waals surface area (Å²) >= 11 is 12.0. The Kier molecular flexibility index (Phi) is 5.00. The molecule has 1 atom stereocenters. The van der Waals surface area contributed by atoms with Gasteiger partial charge in [-0.15, -0.1) is 0 Å². The molecule has 22 heavy (non-hydrogen) atoms. The van der Waals surface area contributed by atoms with Crippen LogP contribution < -0.4 is 4.74 Å². The predicted octanol–water partition coefficient (Wildman–Crippen LogP) is 4.70. The zero-order chi connectivity index (χ0) is 16.4. The molecule has 1 unspecified atom stereocenters. The normalized spacial score (nSPS) is 14.5. The molecule has 3 nitrogen and oxygen atoms in total. The lowest BCUT2D eigenvalue weighted by atomic mass is 9.73. The molecule has 0 aliphatic heterocycles. The second-order valence-corrected chi connectivity index (χ2v) is 7.06. The molecule has 1 N–H and O–H groups in total. The number of pyridine rings is 1. The van der Waals surface area contributed by atoms with E-state index in [1.165, 1.54) is 0 Å². The van der Waals surface area contributed by atoms with Crippen molar-refractivity contribution < 1.29 is 9.84 Å². The van der Waals surface area contributed by atoms with Crippen molar-refractivity contribution in [3.63, 3.8) is 0 Å². The Morgan fingerprint density at radius 1 is 1.18 bits per heavy atom. The van der Waals surface area contributed by atoms with E-state index >= 15 is 0 Å². The number of halogens is 2. The monoisotopic (exact) mass is 339 g/mol. The zero-order valence-electron chi connectivity index (χ0n) is 12.8. The molecule has 0 spiro atoms. The first kappa shape index (κ1) is 17.1. The molecule has 2 aromatic rings. The molecule has 1 aromatic carbocycles. The third kappa shape index (κ3) is 3.54. The zero-order valence-corrected chi connectivity index (χ0v) is 14.3. The third-order valence-corrected chi connectivity index (χ3v) is 4.24. The Morgan fingerprint density at radius 3 is 2.45 bits per heavy atom. The van der Waals surface area contributed by atoms with Gasteiger partial charge in [-0.2, -0.15) is 0 Å². The lowest BCUT2D eigenvalue weighted by molar-refractivity contribution is -0.0947. The van der Waals surface area contributed by atoms with Crippen LogP contribution in [-0.4, -0.2) is 16.7 Å². The van der Waals surface area contributed by atoms with Crippen LogP contribution in [0.1, 0.15) is 26.3 Å². The Morgan fingerprint density at radius 2 is 1.91 bits per heavy atom. The fraction of sp³-hybridized carbons (Fsp3) is 0.353. The minimum atomic E-state index is -1.20. The van der Waals surface area contributed by atoms with Gasteiger partial charge < -0.3 is 9.84 Å². The molecule has 0 bridgehead atoms. The highest BCUT2D eigenvalue weighted by molar-refractivity contribution is 6.35. The number of hydrogen-bond donors (Lipinski definition) is 1. The Labute approximate surface area is 140 Å². The van der Waals surface area contributed by atoms with Crippen LogP contribution in [0.2, 0.25) is 10.0 Å². The molecule has 0 fully saturated rings. The first-order chi connectivity index (χ1) is 10.2. The first-order valence-corrected chi connectivity index (χ1v) is 7.70. The van der Waals surface area contributed by atoms with E-state index in [9.17, 15) is 5.11 Å². The van der Waals surface area contributed by atoms with Crippen molar-refractivity contribution >= 4 is 23.2 Å². The van der Waals surface area contributed by atoms with E-state index < -0.39 is 11.0 Å². The predicted molar refractivity (Wildman–Crippen MR) is 89.5 cm³/mol. The summed E-state index contributed by atoms with van der Waals surface area (Å²) in [5.74, 6) is 0.484. The van der Waals surface area contributed by atoms with Gasteiger partial charge in [-0.25, -0.2) is 0 Å². The van der Waals surface area contributed by atoms with Gasteiger partial charge in [0.1, 0.15) is 18.0 Å². The highest BCUT2D eigenvalue weighted by Crippen LogP contribution is 2.40. The molecule has 0 amide bonds. The summed E-state index contributed by atoms with van der Waals surface area (Å²) in [7, 11) is 0. The van der Waals surface area contributed by atoms with Crippen LogP contribution in [0.15, 0.2) is 42.7 Å². The van der Waals surface area contributed by atoms with Crippen LogP contribution in [0.4, 0.5) is 0 Å². The van der Waals surface area contributed by atoms with Gasteiger partial charge >= 0.3 is 0 Å². The number of aromatic nitrogens is 1. The molecule has 0 saturated carbocycles. The third-order valence-electron chi connectivity index (χ3n) is 3.71. The molecular formula is C17H19Cl2NO2. The number of ether oxygens (including phenoxy) is 1. The highest BCUT2D eigenvalue weighted by Gasteiger charge is 2.43. The molecule has 0 aliphatic carbocycles. The second-order valence-electron chi connectivity index (χ2n) is 6.22. The van der Waals surface area contributed by atoms with E-state index in [4.69, 9.17) is 27.9 Å². The molecular weight excluding hydrogens is 321 g/mol. The molecule has 2 rings (SSSR count). The van der Waals surface area contributed by atoms with Crippen molar-refractivity contribution in [3.8, 4) is 5.75 Å². The van der Waals surface area contributed by atoms with E-state index in [0.717, 1.165) is 0 Å². The fourth-order valence-electron chi connectivity index (χ4n) is 2.11. The smallest absolute Gasteiger partial charge is 0.138 e. The number of aliphatic hydroxyl groups is 1. The summed E-state index contributed by atoms with van der Waals surface area (Å²) in [5, 5.41) is 12.1. The quantitative estimate of drug-likeness (QED) is 0.877. The summed E-state index contributed by atoms with van der Waals surface area (Å²) in [6.07, 6.45) is 3.32. The van der Waals surface area contributed by atoms with E-state index in [2.05, 4.69) is 4.98 Å². The summed E-state index contributed by atoms with van der Waals surface area (Å²) in [5.41, 5.74) is -0.952. The van der Waals surface area contributed by atoms with E-state index in [1.54, 1.807) is 36.7 Å². The van der Waals surface area contributed by atoms with Crippen LogP contribution >= 0.6 is 23.2 Å². The number of hydrogen-bond acceptors (Lipinski definition) is 3. The molecule has 118 valence electrons. The van der Waals surface area contributed by atoms with Gasteiger partial charge in [-0.1, -0.05) is 50.0 Å². The van der Waals surface area contributed by atoms with Gasteiger partial charge in [0.25, 0.3) is 0 Å². The number of benzene rings is 1. The maximum Gasteiger partial charge on any atom is 0.138 e. The number of rotatable bonds is 4. The van der Waals surface area contributed by atoms with Gasteiger partial charge in [-0.05, 0) is 29.7 Å². The number of nitrogens with zero attached hydrogens (tertiary/aromatic N) is 1. The van der Waals surface area contributed by atoms with Crippen LogP contribution in [-0.2, 0) is 5.60 Å². The molecule has 5 heteroatoms. The van der Waals surface area contributed by atoms with Crippen LogP contribution in [0.3, 0.4) is 0 Å². The first-order valence-electron chi connectivity index (χ1n) is 6.95. The summed E-state index contributed by atoms with van der Waals surface area (Å²) < 4.78 is 5.77. The maximum atomic E-state index is 11.2. The van der Waals surface area contributed by atoms with Gasteiger partial charge in [0, 0.05) is 23.0 Å². The van der Waals surface area contributed by atoms with Gasteiger partial charge in [-0.3, -0.25) is 4.98 Å². The maximum absolute atomic E-state index is 11.2. The van der Waals surface area contributed by atoms with E-state index in [-0.39, 0.29) is 6.61 Å². The fourth-order valence-corrected chi connectivity index (χ4v) is 2.58. The van der Waals surface area contributed by atoms with Crippen LogP contribution in [0.5, 0.6) is 5.75 Å². The molecule has 0 radical (unpaired) electrons. The summed E-state index contributed by atoms with van der Waals surface area (Å²) in [6.45, 7) is 5.91. The van der Waals surface area contributed by atoms with E-state index in [1.807, 2.05) is 26.8 Å². The average Bonchev–Trinajstić information content (AvgIpc) is 2.45. The van der Waals surface area contributed by atoms with Gasteiger partial charge in [0.05, 0.1) is 5.02 Å². The van der Waals surface area contributed by atoms with Crippen molar-refractivity contribution in [2.24, 2.45) is 5.41 Å². The Balaban J connectivity index is 2.29. The van der Waals surface area contributed by atoms with Crippen molar-refractivity contribution in [1.82, 2.24) is 4.98 Å². The molecule has 0 saturated heterocycles. The van der Waals surface area contributed by atoms with Crippen molar-refractivity contribution in [2.75, 3.05) is 6.61 Å². The van der Waals surface area contributed by atoms with Crippen molar-refractivity contribution in [1.29, 1.82) is 0 Å². The van der Waals surface area contributed by atoms with Crippen LogP contribution in [0.25, 0.3) is 0 Å². The summed E-state index contributed by atoms with van der Waals surface area (Å²) in [6, 6.07) is 8.63. The van der Waals surface area contributed by atoms with Crippen molar-refractivity contribution in [2.45, 2.75) is 26.4 Å². The Bertz CT molecular complexity index is 641. The average molecular weight is 340 g/mol. The molecule has 0 aliphatic rings. The largest absolute Gasteiger partial charge is 0.489 e. The van der Waals surface area contributed by atoms with Gasteiger partial charge in [0.2, 0.25) is 0 Å².